The first-order chi connectivity index (χ1) is 9.24. The largest absolute Gasteiger partial charge is 0.384 e. The van der Waals surface area contributed by atoms with Crippen LogP contribution in [0.2, 0.25) is 0 Å². The van der Waals surface area contributed by atoms with Gasteiger partial charge in [0.1, 0.15) is 16.2 Å². The van der Waals surface area contributed by atoms with Crippen molar-refractivity contribution in [1.82, 2.24) is 9.88 Å². The van der Waals surface area contributed by atoms with Crippen LogP contribution in [0.4, 0.5) is 0 Å². The number of rotatable bonds is 5. The lowest BCUT2D eigenvalue weighted by molar-refractivity contribution is 0.0632. The van der Waals surface area contributed by atoms with Crippen LogP contribution in [0.3, 0.4) is 0 Å². The smallest absolute Gasteiger partial charge is 0.246 e. The van der Waals surface area contributed by atoms with Crippen LogP contribution in [-0.4, -0.2) is 25.2 Å². The molecule has 1 atom stereocenters. The molecular weight excluding hydrogens is 300 g/mol. The van der Waals surface area contributed by atoms with Crippen LogP contribution in [0.1, 0.15) is 23.9 Å². The predicted molar refractivity (Wildman–Crippen MR) is 75.1 cm³/mol. The highest BCUT2D eigenvalue weighted by molar-refractivity contribution is 7.89. The van der Waals surface area contributed by atoms with E-state index < -0.39 is 15.6 Å². The zero-order valence-electron chi connectivity index (χ0n) is 11.4. The van der Waals surface area contributed by atoms with Crippen LogP contribution >= 0.6 is 11.3 Å². The summed E-state index contributed by atoms with van der Waals surface area (Å²) in [5.41, 5.74) is -0.305. The fourth-order valence-electron chi connectivity index (χ4n) is 1.84. The van der Waals surface area contributed by atoms with E-state index >= 15 is 0 Å². The summed E-state index contributed by atoms with van der Waals surface area (Å²) in [6.07, 6.45) is 0. The van der Waals surface area contributed by atoms with E-state index in [-0.39, 0.29) is 17.2 Å². The molecule has 2 aromatic heterocycles. The number of aryl methyl sites for hydroxylation is 2. The SMILES string of the molecule is Cc1noc(C)c1S(=O)(=O)NC[C@@](C)(O)c1ccsc1. The van der Waals surface area contributed by atoms with E-state index in [1.54, 1.807) is 25.3 Å². The molecule has 2 rings (SSSR count). The van der Waals surface area contributed by atoms with Gasteiger partial charge in [-0.15, -0.1) is 0 Å². The molecule has 0 saturated carbocycles. The minimum Gasteiger partial charge on any atom is -0.384 e. The van der Waals surface area contributed by atoms with Gasteiger partial charge in [0.25, 0.3) is 0 Å². The second-order valence-corrected chi connectivity index (χ2v) is 7.25. The molecule has 0 bridgehead atoms. The average molecular weight is 316 g/mol. The third kappa shape index (κ3) is 2.93. The minimum absolute atomic E-state index is 0.0265. The lowest BCUT2D eigenvalue weighted by atomic mass is 10.0. The van der Waals surface area contributed by atoms with Gasteiger partial charge in [-0.2, -0.15) is 11.3 Å². The summed E-state index contributed by atoms with van der Waals surface area (Å²) in [5, 5.41) is 17.5. The number of aromatic nitrogens is 1. The summed E-state index contributed by atoms with van der Waals surface area (Å²) in [4.78, 5) is 0.0265. The Balaban J connectivity index is 2.19. The number of nitrogens with one attached hydrogen (secondary N) is 1. The standard InChI is InChI=1S/C12H16N2O4S2/c1-8-11(9(2)18-14-8)20(16,17)13-7-12(3,15)10-4-5-19-6-10/h4-6,13,15H,7H2,1-3H3/t12-/m1/s1. The molecule has 0 unspecified atom stereocenters. The molecule has 2 aromatic rings. The molecule has 110 valence electrons. The van der Waals surface area contributed by atoms with Crippen LogP contribution in [0, 0.1) is 13.8 Å². The Hall–Kier alpha value is -1.22. The van der Waals surface area contributed by atoms with Gasteiger partial charge in [0.2, 0.25) is 10.0 Å². The molecule has 0 aromatic carbocycles. The van der Waals surface area contributed by atoms with Gasteiger partial charge in [-0.05, 0) is 43.2 Å². The van der Waals surface area contributed by atoms with Crippen molar-refractivity contribution in [1.29, 1.82) is 0 Å². The highest BCUT2D eigenvalue weighted by atomic mass is 32.2. The van der Waals surface area contributed by atoms with E-state index in [1.165, 1.54) is 18.3 Å². The number of nitrogens with zero attached hydrogens (tertiary/aromatic N) is 1. The van der Waals surface area contributed by atoms with Crippen LogP contribution in [0.15, 0.2) is 26.2 Å². The molecule has 8 heteroatoms. The zero-order chi connectivity index (χ0) is 15.0. The van der Waals surface area contributed by atoms with Crippen molar-refractivity contribution in [3.8, 4) is 0 Å². The molecule has 0 saturated heterocycles. The lowest BCUT2D eigenvalue weighted by Gasteiger charge is -2.22. The fraction of sp³-hybridized carbons (Fsp3) is 0.417. The van der Waals surface area contributed by atoms with Crippen molar-refractivity contribution in [3.05, 3.63) is 33.8 Å². The summed E-state index contributed by atoms with van der Waals surface area (Å²) in [6, 6.07) is 1.76. The lowest BCUT2D eigenvalue weighted by Crippen LogP contribution is -2.38. The molecule has 0 aliphatic rings. The molecular formula is C12H16N2O4S2. The molecule has 20 heavy (non-hydrogen) atoms. The number of hydrogen-bond donors (Lipinski definition) is 2. The molecule has 2 heterocycles. The predicted octanol–water partition coefficient (Wildman–Crippen LogP) is 1.54. The molecule has 2 N–H and O–H groups in total. The minimum atomic E-state index is -3.77. The van der Waals surface area contributed by atoms with E-state index in [0.717, 1.165) is 0 Å². The molecule has 0 aliphatic carbocycles. The van der Waals surface area contributed by atoms with Crippen molar-refractivity contribution in [2.24, 2.45) is 0 Å². The van der Waals surface area contributed by atoms with Crippen LogP contribution < -0.4 is 4.72 Å². The first-order valence-electron chi connectivity index (χ1n) is 5.91. The van der Waals surface area contributed by atoms with Gasteiger partial charge in [-0.3, -0.25) is 0 Å². The van der Waals surface area contributed by atoms with Crippen molar-refractivity contribution in [3.63, 3.8) is 0 Å². The van der Waals surface area contributed by atoms with E-state index in [9.17, 15) is 13.5 Å². The van der Waals surface area contributed by atoms with Crippen molar-refractivity contribution in [2.45, 2.75) is 31.3 Å². The Morgan fingerprint density at radius 2 is 2.20 bits per heavy atom. The topological polar surface area (TPSA) is 92.4 Å². The molecule has 6 nitrogen and oxygen atoms in total. The second kappa shape index (κ2) is 5.28. The average Bonchev–Trinajstić information content (AvgIpc) is 2.98. The molecule has 0 radical (unpaired) electrons. The molecule has 0 spiro atoms. The number of hydrogen-bond acceptors (Lipinski definition) is 6. The molecule has 0 fully saturated rings. The highest BCUT2D eigenvalue weighted by Gasteiger charge is 2.29. The second-order valence-electron chi connectivity index (χ2n) is 4.76. The third-order valence-corrected chi connectivity index (χ3v) is 5.31. The van der Waals surface area contributed by atoms with Crippen LogP contribution in [0.5, 0.6) is 0 Å². The van der Waals surface area contributed by atoms with Crippen molar-refractivity contribution in [2.75, 3.05) is 6.54 Å². The summed E-state index contributed by atoms with van der Waals surface area (Å²) in [7, 11) is -3.77. The molecule has 0 aliphatic heterocycles. The molecule has 0 amide bonds. The van der Waals surface area contributed by atoms with Gasteiger partial charge in [0.15, 0.2) is 5.76 Å². The number of aliphatic hydroxyl groups is 1. The monoisotopic (exact) mass is 316 g/mol. The van der Waals surface area contributed by atoms with Gasteiger partial charge in [-0.1, -0.05) is 5.16 Å². The first-order valence-corrected chi connectivity index (χ1v) is 8.34. The summed E-state index contributed by atoms with van der Waals surface area (Å²) in [6.45, 7) is 4.52. The maximum absolute atomic E-state index is 12.2. The summed E-state index contributed by atoms with van der Waals surface area (Å²) < 4.78 is 31.7. The quantitative estimate of drug-likeness (QED) is 0.873. The van der Waals surface area contributed by atoms with Crippen LogP contribution in [0.25, 0.3) is 0 Å². The first kappa shape index (κ1) is 15.2. The van der Waals surface area contributed by atoms with Gasteiger partial charge in [0.05, 0.1) is 0 Å². The number of thiophene rings is 1. The maximum atomic E-state index is 12.2. The zero-order valence-corrected chi connectivity index (χ0v) is 13.0. The number of sulfonamides is 1. The van der Waals surface area contributed by atoms with E-state index in [0.29, 0.717) is 11.3 Å². The fourth-order valence-corrected chi connectivity index (χ4v) is 4.08. The Labute approximate surface area is 121 Å². The van der Waals surface area contributed by atoms with Gasteiger partial charge in [-0.25, -0.2) is 13.1 Å². The Kier molecular flexibility index (Phi) is 4.01. The highest BCUT2D eigenvalue weighted by Crippen LogP contribution is 2.24. The van der Waals surface area contributed by atoms with Gasteiger partial charge < -0.3 is 9.63 Å². The van der Waals surface area contributed by atoms with Crippen molar-refractivity contribution < 1.29 is 18.0 Å². The van der Waals surface area contributed by atoms with Crippen LogP contribution in [-0.2, 0) is 15.6 Å². The Morgan fingerprint density at radius 3 is 2.70 bits per heavy atom. The summed E-state index contributed by atoms with van der Waals surface area (Å²) in [5.74, 6) is 0.227. The maximum Gasteiger partial charge on any atom is 0.246 e. The summed E-state index contributed by atoms with van der Waals surface area (Å²) >= 11 is 1.44. The van der Waals surface area contributed by atoms with E-state index in [2.05, 4.69) is 9.88 Å². The normalized spacial score (nSPS) is 15.2. The Morgan fingerprint density at radius 1 is 1.50 bits per heavy atom. The van der Waals surface area contributed by atoms with Gasteiger partial charge in [0, 0.05) is 6.54 Å². The van der Waals surface area contributed by atoms with E-state index in [1.807, 2.05) is 5.38 Å². The Bertz CT molecular complexity index is 668. The van der Waals surface area contributed by atoms with Gasteiger partial charge >= 0.3 is 0 Å². The third-order valence-electron chi connectivity index (χ3n) is 2.99. The van der Waals surface area contributed by atoms with E-state index in [4.69, 9.17) is 4.52 Å². The van der Waals surface area contributed by atoms with Crippen molar-refractivity contribution >= 4 is 21.4 Å².